The second-order valence-electron chi connectivity index (χ2n) is 5.16. The molecule has 0 aliphatic heterocycles. The van der Waals surface area contributed by atoms with E-state index in [0.29, 0.717) is 11.8 Å². The number of nitrogens with one attached hydrogen (secondary N) is 1. The first kappa shape index (κ1) is 13.6. The molecule has 6 nitrogen and oxygen atoms in total. The van der Waals surface area contributed by atoms with Gasteiger partial charge in [-0.3, -0.25) is 4.79 Å². The van der Waals surface area contributed by atoms with Gasteiger partial charge in [-0.05, 0) is 36.6 Å². The molecule has 1 N–H and O–H groups in total. The Morgan fingerprint density at radius 3 is 2.90 bits per heavy atom. The minimum absolute atomic E-state index is 0.0343. The molecule has 1 fully saturated rings. The molecular formula is C15H17N3O3. The molecule has 0 unspecified atom stereocenters. The Kier molecular flexibility index (Phi) is 3.85. The highest BCUT2D eigenvalue weighted by atomic mass is 16.5. The highest BCUT2D eigenvalue weighted by Gasteiger charge is 2.31. The number of carbonyl (C=O) groups excluding carboxylic acids is 1. The Labute approximate surface area is 122 Å². The molecule has 2 aromatic rings. The quantitative estimate of drug-likeness (QED) is 0.870. The van der Waals surface area contributed by atoms with Crippen LogP contribution in [0.1, 0.15) is 19.3 Å². The first-order valence-electron chi connectivity index (χ1n) is 7.00. The van der Waals surface area contributed by atoms with E-state index in [1.54, 1.807) is 0 Å². The van der Waals surface area contributed by atoms with Gasteiger partial charge in [-0.2, -0.15) is 4.98 Å². The molecule has 0 bridgehead atoms. The minimum Gasteiger partial charge on any atom is -0.469 e. The first-order valence-corrected chi connectivity index (χ1v) is 7.00. The molecule has 1 aliphatic rings. The summed E-state index contributed by atoms with van der Waals surface area (Å²) in [4.78, 5) is 15.8. The molecule has 1 saturated carbocycles. The maximum absolute atomic E-state index is 11.5. The predicted octanol–water partition coefficient (Wildman–Crippen LogP) is 2.49. The van der Waals surface area contributed by atoms with Crippen LogP contribution in [0.15, 0.2) is 34.9 Å². The van der Waals surface area contributed by atoms with Gasteiger partial charge in [0.2, 0.25) is 0 Å². The van der Waals surface area contributed by atoms with Crippen molar-refractivity contribution in [3.05, 3.63) is 30.3 Å². The summed E-state index contributed by atoms with van der Waals surface area (Å²) in [5, 5.41) is 7.15. The number of anilines is 1. The molecule has 21 heavy (non-hydrogen) atoms. The topological polar surface area (TPSA) is 77.2 Å². The standard InChI is InChI=1S/C15H17N3O3/c1-20-14(19)11-7-8-12(9-11)16-15-17-13(21-18-15)10-5-3-2-4-6-10/h2-6,11-12H,7-9H2,1H3,(H,16,18)/t11-,12+/m0/s1. The number of hydrogen-bond acceptors (Lipinski definition) is 6. The molecule has 2 atom stereocenters. The van der Waals surface area contributed by atoms with Crippen molar-refractivity contribution in [3.8, 4) is 11.5 Å². The summed E-state index contributed by atoms with van der Waals surface area (Å²) in [5.74, 6) is 0.773. The number of nitrogens with zero attached hydrogens (tertiary/aromatic N) is 2. The molecule has 1 aromatic carbocycles. The van der Waals surface area contributed by atoms with E-state index in [1.807, 2.05) is 30.3 Å². The van der Waals surface area contributed by atoms with E-state index in [1.165, 1.54) is 7.11 Å². The molecule has 6 heteroatoms. The Balaban J connectivity index is 1.62. The van der Waals surface area contributed by atoms with E-state index in [-0.39, 0.29) is 17.9 Å². The summed E-state index contributed by atoms with van der Waals surface area (Å²) in [7, 11) is 1.43. The number of methoxy groups -OCH3 is 1. The monoisotopic (exact) mass is 287 g/mol. The highest BCUT2D eigenvalue weighted by molar-refractivity contribution is 5.72. The predicted molar refractivity (Wildman–Crippen MR) is 76.5 cm³/mol. The van der Waals surface area contributed by atoms with E-state index in [0.717, 1.165) is 24.8 Å². The second kappa shape index (κ2) is 5.95. The van der Waals surface area contributed by atoms with Gasteiger partial charge >= 0.3 is 5.97 Å². The zero-order valence-electron chi connectivity index (χ0n) is 11.8. The van der Waals surface area contributed by atoms with Crippen LogP contribution >= 0.6 is 0 Å². The number of esters is 1. The molecule has 0 saturated heterocycles. The van der Waals surface area contributed by atoms with Crippen molar-refractivity contribution >= 4 is 11.9 Å². The van der Waals surface area contributed by atoms with E-state index in [2.05, 4.69) is 15.5 Å². The lowest BCUT2D eigenvalue weighted by Gasteiger charge is -2.10. The first-order chi connectivity index (χ1) is 10.3. The van der Waals surface area contributed by atoms with Gasteiger partial charge in [-0.1, -0.05) is 18.2 Å². The third kappa shape index (κ3) is 3.04. The van der Waals surface area contributed by atoms with Crippen molar-refractivity contribution in [2.45, 2.75) is 25.3 Å². The summed E-state index contributed by atoms with van der Waals surface area (Å²) in [6.07, 6.45) is 2.46. The average molecular weight is 287 g/mol. The van der Waals surface area contributed by atoms with Gasteiger partial charge in [0, 0.05) is 11.6 Å². The Bertz CT molecular complexity index is 612. The smallest absolute Gasteiger partial charge is 0.308 e. The molecule has 1 heterocycles. The highest BCUT2D eigenvalue weighted by Crippen LogP contribution is 2.29. The van der Waals surface area contributed by atoms with Crippen molar-refractivity contribution in [1.29, 1.82) is 0 Å². The summed E-state index contributed by atoms with van der Waals surface area (Å²) in [6.45, 7) is 0. The normalized spacial score (nSPS) is 21.2. The fourth-order valence-corrected chi connectivity index (χ4v) is 2.66. The van der Waals surface area contributed by atoms with Crippen LogP contribution in [0.4, 0.5) is 5.95 Å². The number of carbonyl (C=O) groups is 1. The Hall–Kier alpha value is -2.37. The summed E-state index contributed by atoms with van der Waals surface area (Å²) >= 11 is 0. The summed E-state index contributed by atoms with van der Waals surface area (Å²) in [6, 6.07) is 9.79. The van der Waals surface area contributed by atoms with Crippen LogP contribution in [0.3, 0.4) is 0 Å². The van der Waals surface area contributed by atoms with Crippen molar-refractivity contribution in [1.82, 2.24) is 10.1 Å². The van der Waals surface area contributed by atoms with Crippen molar-refractivity contribution < 1.29 is 14.1 Å². The molecule has 0 spiro atoms. The van der Waals surface area contributed by atoms with Crippen molar-refractivity contribution in [3.63, 3.8) is 0 Å². The van der Waals surface area contributed by atoms with Crippen molar-refractivity contribution in [2.75, 3.05) is 12.4 Å². The van der Waals surface area contributed by atoms with Gasteiger partial charge in [0.1, 0.15) is 0 Å². The molecule has 3 rings (SSSR count). The fourth-order valence-electron chi connectivity index (χ4n) is 2.66. The third-order valence-electron chi connectivity index (χ3n) is 3.75. The number of ether oxygens (including phenoxy) is 1. The summed E-state index contributed by atoms with van der Waals surface area (Å²) < 4.78 is 10.0. The lowest BCUT2D eigenvalue weighted by Crippen LogP contribution is -2.19. The zero-order chi connectivity index (χ0) is 14.7. The van der Waals surface area contributed by atoms with Gasteiger partial charge in [0.05, 0.1) is 13.0 Å². The fraction of sp³-hybridized carbons (Fsp3) is 0.400. The van der Waals surface area contributed by atoms with E-state index in [4.69, 9.17) is 9.26 Å². The van der Waals surface area contributed by atoms with E-state index in [9.17, 15) is 4.79 Å². The molecular weight excluding hydrogens is 270 g/mol. The number of hydrogen-bond donors (Lipinski definition) is 1. The summed E-state index contributed by atoms with van der Waals surface area (Å²) in [5.41, 5.74) is 0.886. The number of benzene rings is 1. The van der Waals surface area contributed by atoms with Gasteiger partial charge in [-0.25, -0.2) is 0 Å². The van der Waals surface area contributed by atoms with Crippen LogP contribution in [0.5, 0.6) is 0 Å². The molecule has 0 radical (unpaired) electrons. The maximum atomic E-state index is 11.5. The van der Waals surface area contributed by atoms with Crippen LogP contribution in [0.2, 0.25) is 0 Å². The number of aromatic nitrogens is 2. The van der Waals surface area contributed by atoms with Crippen LogP contribution in [-0.4, -0.2) is 29.3 Å². The minimum atomic E-state index is -0.141. The van der Waals surface area contributed by atoms with Crippen LogP contribution in [-0.2, 0) is 9.53 Å². The Morgan fingerprint density at radius 2 is 2.14 bits per heavy atom. The zero-order valence-corrected chi connectivity index (χ0v) is 11.8. The van der Waals surface area contributed by atoms with Gasteiger partial charge in [0.15, 0.2) is 0 Å². The largest absolute Gasteiger partial charge is 0.469 e. The molecule has 1 aliphatic carbocycles. The SMILES string of the molecule is COC(=O)[C@H]1CC[C@@H](Nc2noc(-c3ccccc3)n2)C1. The van der Waals surface area contributed by atoms with Gasteiger partial charge in [-0.15, -0.1) is 0 Å². The van der Waals surface area contributed by atoms with Gasteiger partial charge in [0.25, 0.3) is 11.8 Å². The molecule has 110 valence electrons. The number of rotatable bonds is 4. The van der Waals surface area contributed by atoms with Crippen LogP contribution in [0, 0.1) is 5.92 Å². The lowest BCUT2D eigenvalue weighted by atomic mass is 10.1. The van der Waals surface area contributed by atoms with Gasteiger partial charge < -0.3 is 14.6 Å². The average Bonchev–Trinajstić information content (AvgIpc) is 3.17. The van der Waals surface area contributed by atoms with E-state index >= 15 is 0 Å². The van der Waals surface area contributed by atoms with Crippen LogP contribution < -0.4 is 5.32 Å². The molecule has 1 aromatic heterocycles. The van der Waals surface area contributed by atoms with E-state index < -0.39 is 0 Å². The van der Waals surface area contributed by atoms with Crippen LogP contribution in [0.25, 0.3) is 11.5 Å². The molecule has 0 amide bonds. The third-order valence-corrected chi connectivity index (χ3v) is 3.75. The second-order valence-corrected chi connectivity index (χ2v) is 5.16. The Morgan fingerprint density at radius 1 is 1.33 bits per heavy atom. The lowest BCUT2D eigenvalue weighted by molar-refractivity contribution is -0.145. The van der Waals surface area contributed by atoms with Crippen molar-refractivity contribution in [2.24, 2.45) is 5.92 Å². The maximum Gasteiger partial charge on any atom is 0.308 e.